The fourth-order valence-electron chi connectivity index (χ4n) is 7.79. The monoisotopic (exact) mass is 749 g/mol. The third-order valence-electron chi connectivity index (χ3n) is 9.91. The number of carbonyl (C=O) groups is 2. The zero-order valence-corrected chi connectivity index (χ0v) is 31.4. The number of nitrogens with one attached hydrogen (secondary N) is 2. The number of carboxylic acid groups (broad SMARTS) is 1. The Morgan fingerprint density at radius 1 is 1.02 bits per heavy atom. The van der Waals surface area contributed by atoms with E-state index < -0.39 is 33.2 Å². The number of hydrogen-bond donors (Lipinski definition) is 3. The van der Waals surface area contributed by atoms with Crippen LogP contribution in [-0.2, 0) is 26.6 Å². The van der Waals surface area contributed by atoms with Crippen molar-refractivity contribution < 1.29 is 27.9 Å². The number of methoxy groups -OCH3 is 1. The number of aromatic carboxylic acids is 1. The van der Waals surface area contributed by atoms with Crippen molar-refractivity contribution in [1.29, 1.82) is 0 Å². The van der Waals surface area contributed by atoms with Gasteiger partial charge in [0.15, 0.2) is 9.84 Å². The summed E-state index contributed by atoms with van der Waals surface area (Å²) in [6.07, 6.45) is 1.90. The Labute approximate surface area is 308 Å². The zero-order chi connectivity index (χ0) is 36.9. The van der Waals surface area contributed by atoms with Gasteiger partial charge in [-0.2, -0.15) is 0 Å². The lowest BCUT2D eigenvalue weighted by Gasteiger charge is -2.40. The molecular formula is C39H41Cl2N3O6S. The van der Waals surface area contributed by atoms with E-state index in [9.17, 15) is 23.1 Å². The van der Waals surface area contributed by atoms with E-state index in [1.54, 1.807) is 12.1 Å². The molecule has 1 amide bonds. The maximum atomic E-state index is 14.6. The molecule has 1 spiro atoms. The first-order valence-electron chi connectivity index (χ1n) is 16.6. The molecule has 0 bridgehead atoms. The molecule has 2 heterocycles. The second-order valence-electron chi connectivity index (χ2n) is 14.6. The predicted molar refractivity (Wildman–Crippen MR) is 201 cm³/mol. The summed E-state index contributed by atoms with van der Waals surface area (Å²) in [5.74, 6) is -1.68. The number of anilines is 2. The maximum Gasteiger partial charge on any atom is 0.335 e. The molecule has 2 aliphatic rings. The molecule has 268 valence electrons. The second-order valence-corrected chi connectivity index (χ2v) is 17.5. The van der Waals surface area contributed by atoms with Gasteiger partial charge in [0.2, 0.25) is 5.91 Å². The topological polar surface area (TPSA) is 125 Å². The summed E-state index contributed by atoms with van der Waals surface area (Å²) in [7, 11) is -1.93. The Morgan fingerprint density at radius 2 is 1.73 bits per heavy atom. The van der Waals surface area contributed by atoms with Crippen LogP contribution in [0, 0.1) is 5.41 Å². The van der Waals surface area contributed by atoms with Gasteiger partial charge in [0.25, 0.3) is 0 Å². The largest absolute Gasteiger partial charge is 0.495 e. The fraction of sp³-hybridized carbons (Fsp3) is 0.333. The first kappa shape index (κ1) is 36.7. The minimum Gasteiger partial charge on any atom is -0.495 e. The second kappa shape index (κ2) is 13.8. The molecule has 4 aromatic rings. The number of ether oxygens (including phenoxy) is 1. The molecule has 0 saturated carbocycles. The van der Waals surface area contributed by atoms with Crippen LogP contribution in [0.15, 0.2) is 89.8 Å². The number of benzene rings is 4. The molecule has 4 aromatic carbocycles. The number of rotatable bonds is 9. The highest BCUT2D eigenvalue weighted by Crippen LogP contribution is 2.59. The van der Waals surface area contributed by atoms with Crippen molar-refractivity contribution in [2.24, 2.45) is 5.41 Å². The highest BCUT2D eigenvalue weighted by Gasteiger charge is 2.62. The molecule has 0 radical (unpaired) electrons. The minimum atomic E-state index is -3.35. The Bertz CT molecular complexity index is 2100. The van der Waals surface area contributed by atoms with Crippen LogP contribution in [0.4, 0.5) is 11.4 Å². The number of amides is 1. The van der Waals surface area contributed by atoms with Crippen LogP contribution < -0.4 is 20.3 Å². The van der Waals surface area contributed by atoms with Crippen molar-refractivity contribution in [2.75, 3.05) is 30.1 Å². The van der Waals surface area contributed by atoms with Crippen molar-refractivity contribution in [3.8, 4) is 5.75 Å². The van der Waals surface area contributed by atoms with Gasteiger partial charge in [-0.3, -0.25) is 4.79 Å². The van der Waals surface area contributed by atoms with Gasteiger partial charge < -0.3 is 25.4 Å². The molecule has 4 atom stereocenters. The maximum absolute atomic E-state index is 14.6. The van der Waals surface area contributed by atoms with Crippen molar-refractivity contribution in [3.63, 3.8) is 0 Å². The number of nitrogens with zero attached hydrogens (tertiary/aromatic N) is 1. The van der Waals surface area contributed by atoms with Crippen LogP contribution in [0.25, 0.3) is 0 Å². The minimum absolute atomic E-state index is 0.0347. The van der Waals surface area contributed by atoms with E-state index in [-0.39, 0.29) is 33.6 Å². The third-order valence-corrected chi connectivity index (χ3v) is 11.6. The average Bonchev–Trinajstić information content (AvgIpc) is 3.54. The molecule has 0 aliphatic carbocycles. The Hall–Kier alpha value is -4.09. The zero-order valence-electron chi connectivity index (χ0n) is 29.0. The number of halogens is 2. The van der Waals surface area contributed by atoms with Gasteiger partial charge in [-0.1, -0.05) is 74.3 Å². The van der Waals surface area contributed by atoms with Crippen LogP contribution >= 0.6 is 23.2 Å². The van der Waals surface area contributed by atoms with Crippen LogP contribution in [0.3, 0.4) is 0 Å². The smallest absolute Gasteiger partial charge is 0.335 e. The number of hydrogen-bond acceptors (Lipinski definition) is 7. The van der Waals surface area contributed by atoms with Gasteiger partial charge in [0.05, 0.1) is 29.3 Å². The molecule has 9 nitrogen and oxygen atoms in total. The van der Waals surface area contributed by atoms with E-state index in [1.807, 2.05) is 54.6 Å². The lowest BCUT2D eigenvalue weighted by atomic mass is 9.63. The SMILES string of the molecule is COc1cc(C(=O)O)ccc1NC(=O)[C@@H]1NC(CC(C)(C)C)[C@@]2(CN(Cc3ccc(S(C)(=O)=O)cc3)c3ccc(Cl)cc32)[C@H]1c1ccccc1Cl. The lowest BCUT2D eigenvalue weighted by Crippen LogP contribution is -2.48. The van der Waals surface area contributed by atoms with Crippen molar-refractivity contribution in [2.45, 2.75) is 62.0 Å². The summed E-state index contributed by atoms with van der Waals surface area (Å²) in [6, 6.07) is 23.7. The summed E-state index contributed by atoms with van der Waals surface area (Å²) in [6.45, 7) is 7.51. The summed E-state index contributed by atoms with van der Waals surface area (Å²) < 4.78 is 29.8. The van der Waals surface area contributed by atoms with E-state index in [1.165, 1.54) is 31.6 Å². The van der Waals surface area contributed by atoms with Crippen molar-refractivity contribution in [3.05, 3.63) is 117 Å². The van der Waals surface area contributed by atoms with Gasteiger partial charge in [0.1, 0.15) is 5.75 Å². The summed E-state index contributed by atoms with van der Waals surface area (Å²) in [5.41, 5.74) is 3.22. The highest BCUT2D eigenvalue weighted by molar-refractivity contribution is 7.90. The molecule has 2 aliphatic heterocycles. The van der Waals surface area contributed by atoms with E-state index in [0.29, 0.717) is 35.2 Å². The van der Waals surface area contributed by atoms with E-state index in [0.717, 1.165) is 22.4 Å². The molecular weight excluding hydrogens is 709 g/mol. The number of carboxylic acids is 1. The molecule has 51 heavy (non-hydrogen) atoms. The lowest BCUT2D eigenvalue weighted by molar-refractivity contribution is -0.118. The molecule has 12 heteroatoms. The number of sulfone groups is 1. The average molecular weight is 751 g/mol. The van der Waals surface area contributed by atoms with E-state index in [2.05, 4.69) is 36.3 Å². The molecule has 1 unspecified atom stereocenters. The Balaban J connectivity index is 1.50. The standard InChI is InChI=1S/C39H41Cl2N3O6S/c1-38(2,3)20-33-39(22-44(31-17-13-25(40)19-28(31)39)21-23-10-14-26(15-11-23)51(5,48)49)34(27-8-6-7-9-29(27)41)35(43-33)36(45)42-30-16-12-24(37(46)47)18-32(30)50-4/h6-19,33-35,43H,20-22H2,1-5H3,(H,42,45)(H,46,47)/t33?,34-,35+,39-/m0/s1. The van der Waals surface area contributed by atoms with E-state index >= 15 is 0 Å². The Morgan fingerprint density at radius 3 is 2.35 bits per heavy atom. The van der Waals surface area contributed by atoms with Crippen molar-refractivity contribution in [1.82, 2.24) is 5.32 Å². The predicted octanol–water partition coefficient (Wildman–Crippen LogP) is 7.56. The van der Waals surface area contributed by atoms with E-state index in [4.69, 9.17) is 27.9 Å². The van der Waals surface area contributed by atoms with Crippen LogP contribution in [-0.4, -0.2) is 57.4 Å². The Kier molecular flexibility index (Phi) is 9.93. The first-order valence-corrected chi connectivity index (χ1v) is 19.2. The van der Waals surface area contributed by atoms with Crippen LogP contribution in [0.5, 0.6) is 5.75 Å². The fourth-order valence-corrected chi connectivity index (χ4v) is 8.84. The molecule has 0 aromatic heterocycles. The normalized spacial score (nSPS) is 21.5. The van der Waals surface area contributed by atoms with Gasteiger partial charge in [-0.15, -0.1) is 0 Å². The summed E-state index contributed by atoms with van der Waals surface area (Å²) in [4.78, 5) is 28.8. The van der Waals surface area contributed by atoms with Gasteiger partial charge in [0, 0.05) is 52.5 Å². The van der Waals surface area contributed by atoms with Crippen molar-refractivity contribution >= 4 is 56.3 Å². The number of fused-ring (bicyclic) bond motifs is 2. The third kappa shape index (κ3) is 7.20. The summed E-state index contributed by atoms with van der Waals surface area (Å²) in [5, 5.41) is 17.4. The molecule has 1 fully saturated rings. The number of carbonyl (C=O) groups excluding carboxylic acids is 1. The molecule has 1 saturated heterocycles. The van der Waals surface area contributed by atoms with Gasteiger partial charge in [-0.05, 0) is 83.1 Å². The van der Waals surface area contributed by atoms with Gasteiger partial charge >= 0.3 is 5.97 Å². The first-order chi connectivity index (χ1) is 24.0. The molecule has 3 N–H and O–H groups in total. The van der Waals surface area contributed by atoms with Crippen LogP contribution in [0.2, 0.25) is 10.0 Å². The highest BCUT2D eigenvalue weighted by atomic mass is 35.5. The summed E-state index contributed by atoms with van der Waals surface area (Å²) >= 11 is 13.8. The quantitative estimate of drug-likeness (QED) is 0.160. The van der Waals surface area contributed by atoms with Crippen LogP contribution in [0.1, 0.15) is 60.2 Å². The van der Waals surface area contributed by atoms with Gasteiger partial charge in [-0.25, -0.2) is 13.2 Å². The molecule has 6 rings (SSSR count).